The molecule has 1 aliphatic rings. The van der Waals surface area contributed by atoms with Crippen molar-refractivity contribution in [2.24, 2.45) is 11.7 Å². The lowest BCUT2D eigenvalue weighted by atomic mass is 9.98. The zero-order valence-corrected chi connectivity index (χ0v) is 45.1. The lowest BCUT2D eigenvalue weighted by Gasteiger charge is -2.25. The predicted octanol–water partition coefficient (Wildman–Crippen LogP) is 8.43. The molecule has 0 radical (unpaired) electrons. The molecule has 1 aliphatic carbocycles. The van der Waals surface area contributed by atoms with Crippen LogP contribution in [0, 0.1) is 5.92 Å². The van der Waals surface area contributed by atoms with Crippen molar-refractivity contribution in [3.8, 4) is 45.1 Å². The fraction of sp³-hybridized carbons (Fsp3) is 0.276. The van der Waals surface area contributed by atoms with E-state index in [-0.39, 0.29) is 66.7 Å². The molecule has 0 spiro atoms. The van der Waals surface area contributed by atoms with Gasteiger partial charge in [-0.3, -0.25) is 9.59 Å². The number of aromatic nitrogens is 3. The summed E-state index contributed by atoms with van der Waals surface area (Å²) in [5.41, 5.74) is 20.2. The van der Waals surface area contributed by atoms with Gasteiger partial charge in [-0.05, 0) is 90.3 Å². The molecule has 410 valence electrons. The van der Waals surface area contributed by atoms with Crippen molar-refractivity contribution in [1.29, 1.82) is 0 Å². The summed E-state index contributed by atoms with van der Waals surface area (Å²) < 4.78 is 42.2. The Morgan fingerprint density at radius 3 is 2.01 bits per heavy atom. The zero-order valence-electron chi connectivity index (χ0n) is 44.3. The third kappa shape index (κ3) is 13.7. The van der Waals surface area contributed by atoms with Crippen LogP contribution in [-0.4, -0.2) is 96.0 Å². The number of benzene rings is 5. The molecular weight excluding hydrogens is 1030 g/mol. The number of nitrogens with zero attached hydrogens (tertiary/aromatic N) is 4. The van der Waals surface area contributed by atoms with E-state index < -0.39 is 57.2 Å². The molecule has 0 bridgehead atoms. The Morgan fingerprint density at radius 1 is 0.759 bits per heavy atom. The molecule has 7 aromatic rings. The first-order valence-corrected chi connectivity index (χ1v) is 27.2. The van der Waals surface area contributed by atoms with Gasteiger partial charge in [-0.15, -0.1) is 0 Å². The van der Waals surface area contributed by atoms with Crippen molar-refractivity contribution in [2.75, 3.05) is 31.2 Å². The second-order valence-corrected chi connectivity index (χ2v) is 22.2. The van der Waals surface area contributed by atoms with Crippen molar-refractivity contribution in [1.82, 2.24) is 36.0 Å². The highest BCUT2D eigenvalue weighted by molar-refractivity contribution is 7.92. The SMILES string of the molecule is CC(C)[C@H](NC(=O)OCC1c2ccccc2-c2ccccc21)C(=O)N[C@@H](CCCNC(N)=O)C(=O)Nc1ccc(COC(=O)N(C)Cc2ccc(-c3cc(-c4nc(-c5ccc(S(=O)(=O)C(C)C)cc5)cnc4N)on3)cc2)cc1. The van der Waals surface area contributed by atoms with E-state index in [0.29, 0.717) is 34.6 Å². The van der Waals surface area contributed by atoms with E-state index in [1.165, 1.54) is 23.2 Å². The quantitative estimate of drug-likeness (QED) is 0.0368. The van der Waals surface area contributed by atoms with Gasteiger partial charge in [-0.2, -0.15) is 0 Å². The standard InChI is InChI=1S/C58H62N10O10S/c1-34(2)51(66-57(72)76-33-46-44-13-8-6-11-42(44)43-12-7-9-14-45(43)46)55(70)65-47(15-10-28-61-56(60)71)54(69)63-40-24-18-37(19-25-40)32-77-58(73)68(5)31-36-16-20-38(21-17-36)48-29-50(78-67-48)52-53(59)62-30-49(64-52)39-22-26-41(27-23-39)79(74,75)35(3)4/h6-9,11-14,16-27,29-30,34-35,46-47,51H,10,15,28,31-33H2,1-5H3,(H2,59,62)(H,63,69)(H,65,70)(H,66,72)(H3,60,61,71)/t47-,51-/m0/s1. The van der Waals surface area contributed by atoms with Crippen LogP contribution in [0.2, 0.25) is 0 Å². The smallest absolute Gasteiger partial charge is 0.410 e. The van der Waals surface area contributed by atoms with Crippen LogP contribution in [0.4, 0.5) is 25.9 Å². The van der Waals surface area contributed by atoms with E-state index in [1.807, 2.05) is 72.8 Å². The van der Waals surface area contributed by atoms with Crippen LogP contribution < -0.4 is 32.7 Å². The van der Waals surface area contributed by atoms with Gasteiger partial charge in [-0.25, -0.2) is 32.8 Å². The highest BCUT2D eigenvalue weighted by Gasteiger charge is 2.32. The fourth-order valence-electron chi connectivity index (χ4n) is 8.97. The van der Waals surface area contributed by atoms with Gasteiger partial charge in [0.2, 0.25) is 11.8 Å². The minimum atomic E-state index is -3.44. The molecule has 0 saturated heterocycles. The Kier molecular flexibility index (Phi) is 17.7. The molecule has 2 heterocycles. The van der Waals surface area contributed by atoms with Crippen LogP contribution in [-0.2, 0) is 42.1 Å². The van der Waals surface area contributed by atoms with E-state index in [4.69, 9.17) is 25.5 Å². The molecule has 20 nitrogen and oxygen atoms in total. The summed E-state index contributed by atoms with van der Waals surface area (Å²) in [4.78, 5) is 75.8. The number of nitrogen functional groups attached to an aromatic ring is 1. The number of urea groups is 1. The van der Waals surface area contributed by atoms with Gasteiger partial charge in [0.05, 0.1) is 22.0 Å². The van der Waals surface area contributed by atoms with E-state index in [1.54, 1.807) is 77.2 Å². The summed E-state index contributed by atoms with van der Waals surface area (Å²) in [7, 11) is -1.83. The van der Waals surface area contributed by atoms with Crippen LogP contribution >= 0.6 is 0 Å². The van der Waals surface area contributed by atoms with E-state index >= 15 is 0 Å². The average molecular weight is 1090 g/mol. The molecule has 6 amide bonds. The number of hydrogen-bond acceptors (Lipinski definition) is 14. The largest absolute Gasteiger partial charge is 0.449 e. The van der Waals surface area contributed by atoms with Crippen molar-refractivity contribution in [3.05, 3.63) is 156 Å². The maximum Gasteiger partial charge on any atom is 0.410 e. The van der Waals surface area contributed by atoms with Crippen molar-refractivity contribution >= 4 is 51.4 Å². The summed E-state index contributed by atoms with van der Waals surface area (Å²) in [5, 5.41) is 14.4. The lowest BCUT2D eigenvalue weighted by molar-refractivity contribution is -0.128. The topological polar surface area (TPSA) is 293 Å². The molecule has 21 heteroatoms. The van der Waals surface area contributed by atoms with Gasteiger partial charge < -0.3 is 51.6 Å². The third-order valence-corrected chi connectivity index (χ3v) is 15.5. The van der Waals surface area contributed by atoms with Crippen molar-refractivity contribution < 1.29 is 46.4 Å². The number of ether oxygens (including phenoxy) is 2. The van der Waals surface area contributed by atoms with E-state index in [9.17, 15) is 32.4 Å². The Bertz CT molecular complexity index is 3400. The summed E-state index contributed by atoms with van der Waals surface area (Å²) in [6.07, 6.45) is 0.567. The molecule has 0 aliphatic heterocycles. The summed E-state index contributed by atoms with van der Waals surface area (Å²) >= 11 is 0. The lowest BCUT2D eigenvalue weighted by Crippen LogP contribution is -2.54. The minimum Gasteiger partial charge on any atom is -0.449 e. The van der Waals surface area contributed by atoms with Gasteiger partial charge in [-0.1, -0.05) is 116 Å². The Labute approximate surface area is 457 Å². The number of carbonyl (C=O) groups is 5. The summed E-state index contributed by atoms with van der Waals surface area (Å²) in [6.45, 7) is 7.17. The molecule has 5 aromatic carbocycles. The highest BCUT2D eigenvalue weighted by Crippen LogP contribution is 2.44. The molecule has 0 unspecified atom stereocenters. The Hall–Kier alpha value is -9.11. The molecule has 2 atom stereocenters. The molecule has 8 rings (SSSR count). The number of nitrogens with two attached hydrogens (primary N) is 2. The Morgan fingerprint density at radius 2 is 1.38 bits per heavy atom. The van der Waals surface area contributed by atoms with Crippen LogP contribution in [0.25, 0.3) is 45.1 Å². The first-order chi connectivity index (χ1) is 37.9. The summed E-state index contributed by atoms with van der Waals surface area (Å²) in [5.74, 6) is -1.30. The normalized spacial score (nSPS) is 12.7. The van der Waals surface area contributed by atoms with Gasteiger partial charge in [0.1, 0.15) is 31.0 Å². The number of alkyl carbamates (subject to hydrolysis) is 1. The van der Waals surface area contributed by atoms with Crippen LogP contribution in [0.15, 0.2) is 143 Å². The number of carbonyl (C=O) groups excluding carboxylic acids is 5. The highest BCUT2D eigenvalue weighted by atomic mass is 32.2. The second kappa shape index (κ2) is 24.9. The van der Waals surface area contributed by atoms with Crippen LogP contribution in [0.5, 0.6) is 0 Å². The van der Waals surface area contributed by atoms with Gasteiger partial charge in [0, 0.05) is 48.9 Å². The molecular formula is C58H62N10O10S. The van der Waals surface area contributed by atoms with Crippen molar-refractivity contribution in [2.45, 2.75) is 81.8 Å². The van der Waals surface area contributed by atoms with Crippen molar-refractivity contribution in [3.63, 3.8) is 0 Å². The molecule has 0 fully saturated rings. The van der Waals surface area contributed by atoms with E-state index in [2.05, 4.69) is 36.4 Å². The van der Waals surface area contributed by atoms with Gasteiger partial charge >= 0.3 is 18.2 Å². The minimum absolute atomic E-state index is 0.0547. The first-order valence-electron chi connectivity index (χ1n) is 25.6. The van der Waals surface area contributed by atoms with Crippen LogP contribution in [0.3, 0.4) is 0 Å². The molecule has 8 N–H and O–H groups in total. The maximum atomic E-state index is 13.8. The summed E-state index contributed by atoms with van der Waals surface area (Å²) in [6, 6.07) is 35.2. The number of primary amides is 1. The monoisotopic (exact) mass is 1090 g/mol. The van der Waals surface area contributed by atoms with Crippen LogP contribution in [0.1, 0.15) is 68.7 Å². The number of anilines is 2. The van der Waals surface area contributed by atoms with Gasteiger partial charge in [0.25, 0.3) is 0 Å². The molecule has 0 saturated carbocycles. The maximum absolute atomic E-state index is 13.8. The number of nitrogens with one attached hydrogen (secondary N) is 4. The first kappa shape index (κ1) is 56.1. The number of fused-ring (bicyclic) bond motifs is 3. The predicted molar refractivity (Wildman–Crippen MR) is 297 cm³/mol. The Balaban J connectivity index is 0.817. The number of amides is 6. The second-order valence-electron chi connectivity index (χ2n) is 19.7. The average Bonchev–Trinajstić information content (AvgIpc) is 4.27. The zero-order chi connectivity index (χ0) is 56.4. The number of sulfone groups is 1. The fourth-order valence-corrected chi connectivity index (χ4v) is 10.0. The van der Waals surface area contributed by atoms with E-state index in [0.717, 1.165) is 33.4 Å². The van der Waals surface area contributed by atoms with Gasteiger partial charge in [0.15, 0.2) is 27.1 Å². The number of rotatable bonds is 21. The molecule has 2 aromatic heterocycles. The number of hydrogen-bond donors (Lipinski definition) is 6. The third-order valence-electron chi connectivity index (χ3n) is 13.4. The molecule has 79 heavy (non-hydrogen) atoms.